The Morgan fingerprint density at radius 1 is 1.07 bits per heavy atom. The molecule has 2 amide bonds. The van der Waals surface area contributed by atoms with Crippen molar-refractivity contribution < 1.29 is 18.0 Å². The molecule has 0 atom stereocenters. The molecule has 0 radical (unpaired) electrons. The number of rotatable bonds is 4. The Bertz CT molecular complexity index is 826. The molecule has 1 aromatic rings. The second-order valence-corrected chi connectivity index (χ2v) is 9.86. The molecule has 3 rings (SSSR count). The van der Waals surface area contributed by atoms with Crippen LogP contribution >= 0.6 is 11.6 Å². The maximum Gasteiger partial charge on any atom is 0.255 e. The Hall–Kier alpha value is -1.60. The van der Waals surface area contributed by atoms with E-state index in [4.69, 9.17) is 11.6 Å². The molecule has 2 aliphatic heterocycles. The first kappa shape index (κ1) is 20.1. The molecule has 0 aliphatic carbocycles. The van der Waals surface area contributed by atoms with Crippen LogP contribution in [0, 0.1) is 5.92 Å². The third kappa shape index (κ3) is 4.82. The van der Waals surface area contributed by atoms with E-state index in [0.29, 0.717) is 25.4 Å². The number of sulfone groups is 1. The summed E-state index contributed by atoms with van der Waals surface area (Å²) in [7, 11) is -3.41. The summed E-state index contributed by atoms with van der Waals surface area (Å²) in [4.78, 5) is 28.8. The Balaban J connectivity index is 1.61. The number of benzene rings is 1. The van der Waals surface area contributed by atoms with E-state index in [0.717, 1.165) is 45.0 Å². The lowest BCUT2D eigenvalue weighted by atomic mass is 9.92. The van der Waals surface area contributed by atoms with E-state index < -0.39 is 9.84 Å². The predicted molar refractivity (Wildman–Crippen MR) is 104 cm³/mol. The SMILES string of the molecule is CS(=O)(=O)c1ccc(Cl)c(C(=O)N2CCC(CC(=O)N3CCCC3)CC2)c1. The summed E-state index contributed by atoms with van der Waals surface area (Å²) < 4.78 is 23.5. The zero-order valence-corrected chi connectivity index (χ0v) is 17.1. The van der Waals surface area contributed by atoms with Gasteiger partial charge in [0.15, 0.2) is 9.84 Å². The van der Waals surface area contributed by atoms with Crippen LogP contribution in [0.4, 0.5) is 0 Å². The van der Waals surface area contributed by atoms with Crippen LogP contribution in [0.15, 0.2) is 23.1 Å². The fraction of sp³-hybridized carbons (Fsp3) is 0.579. The van der Waals surface area contributed by atoms with Gasteiger partial charge in [-0.25, -0.2) is 8.42 Å². The number of carbonyl (C=O) groups excluding carboxylic acids is 2. The van der Waals surface area contributed by atoms with E-state index in [2.05, 4.69) is 0 Å². The van der Waals surface area contributed by atoms with Gasteiger partial charge in [-0.2, -0.15) is 0 Å². The van der Waals surface area contributed by atoms with Crippen LogP contribution < -0.4 is 0 Å². The molecule has 6 nitrogen and oxygen atoms in total. The van der Waals surface area contributed by atoms with Crippen LogP contribution in [-0.2, 0) is 14.6 Å². The molecular weight excluding hydrogens is 388 g/mol. The highest BCUT2D eigenvalue weighted by molar-refractivity contribution is 7.90. The highest BCUT2D eigenvalue weighted by Crippen LogP contribution is 2.27. The molecule has 0 N–H and O–H groups in total. The maximum absolute atomic E-state index is 12.8. The molecule has 0 unspecified atom stereocenters. The number of likely N-dealkylation sites (tertiary alicyclic amines) is 2. The van der Waals surface area contributed by atoms with Gasteiger partial charge < -0.3 is 9.80 Å². The average molecular weight is 413 g/mol. The monoisotopic (exact) mass is 412 g/mol. The normalized spacial score (nSPS) is 18.7. The first-order valence-electron chi connectivity index (χ1n) is 9.32. The van der Waals surface area contributed by atoms with Crippen molar-refractivity contribution in [3.63, 3.8) is 0 Å². The largest absolute Gasteiger partial charge is 0.343 e. The van der Waals surface area contributed by atoms with Crippen LogP contribution in [0.5, 0.6) is 0 Å². The molecule has 2 aliphatic rings. The van der Waals surface area contributed by atoms with Gasteiger partial charge in [0.25, 0.3) is 5.91 Å². The van der Waals surface area contributed by atoms with Gasteiger partial charge in [0.1, 0.15) is 0 Å². The Kier molecular flexibility index (Phi) is 6.11. The molecule has 2 saturated heterocycles. The standard InChI is InChI=1S/C19H25ClN2O4S/c1-27(25,26)15-4-5-17(20)16(13-15)19(24)22-10-6-14(7-11-22)12-18(23)21-8-2-3-9-21/h4-5,13-14H,2-3,6-12H2,1H3. The van der Waals surface area contributed by atoms with Crippen molar-refractivity contribution in [2.75, 3.05) is 32.4 Å². The molecule has 0 saturated carbocycles. The number of nitrogens with zero attached hydrogens (tertiary/aromatic N) is 2. The van der Waals surface area contributed by atoms with Crippen LogP contribution in [0.2, 0.25) is 5.02 Å². The molecular formula is C19H25ClN2O4S. The predicted octanol–water partition coefficient (Wildman–Crippen LogP) is 2.61. The number of carbonyl (C=O) groups is 2. The molecule has 0 spiro atoms. The summed E-state index contributed by atoms with van der Waals surface area (Å²) in [6.45, 7) is 2.84. The van der Waals surface area contributed by atoms with E-state index in [1.807, 2.05) is 4.90 Å². The molecule has 27 heavy (non-hydrogen) atoms. The van der Waals surface area contributed by atoms with Crippen molar-refractivity contribution in [3.05, 3.63) is 28.8 Å². The minimum atomic E-state index is -3.41. The van der Waals surface area contributed by atoms with Gasteiger partial charge in [0.2, 0.25) is 5.91 Å². The van der Waals surface area contributed by atoms with E-state index in [-0.39, 0.29) is 27.3 Å². The highest BCUT2D eigenvalue weighted by atomic mass is 35.5. The van der Waals surface area contributed by atoms with Gasteiger partial charge in [-0.15, -0.1) is 0 Å². The van der Waals surface area contributed by atoms with Gasteiger partial charge in [-0.05, 0) is 49.8 Å². The number of amides is 2. The minimum Gasteiger partial charge on any atom is -0.343 e. The lowest BCUT2D eigenvalue weighted by molar-refractivity contribution is -0.131. The first-order chi connectivity index (χ1) is 12.8. The summed E-state index contributed by atoms with van der Waals surface area (Å²) in [5, 5.41) is 0.249. The van der Waals surface area contributed by atoms with Crippen LogP contribution in [0.1, 0.15) is 42.5 Å². The average Bonchev–Trinajstić information content (AvgIpc) is 3.16. The summed E-state index contributed by atoms with van der Waals surface area (Å²) in [6, 6.07) is 4.21. The van der Waals surface area contributed by atoms with Gasteiger partial charge in [-0.3, -0.25) is 9.59 Å². The second-order valence-electron chi connectivity index (χ2n) is 7.44. The van der Waals surface area contributed by atoms with E-state index in [1.54, 1.807) is 4.90 Å². The Labute approximate surface area is 165 Å². The Morgan fingerprint density at radius 2 is 1.70 bits per heavy atom. The maximum atomic E-state index is 12.8. The lowest BCUT2D eigenvalue weighted by Gasteiger charge is -2.32. The summed E-state index contributed by atoms with van der Waals surface area (Å²) >= 11 is 6.14. The Morgan fingerprint density at radius 3 is 2.30 bits per heavy atom. The van der Waals surface area contributed by atoms with E-state index >= 15 is 0 Å². The van der Waals surface area contributed by atoms with Gasteiger partial charge in [0, 0.05) is 38.9 Å². The molecule has 8 heteroatoms. The quantitative estimate of drug-likeness (QED) is 0.761. The smallest absolute Gasteiger partial charge is 0.255 e. The molecule has 0 aromatic heterocycles. The van der Waals surface area contributed by atoms with Crippen molar-refractivity contribution in [1.82, 2.24) is 9.80 Å². The van der Waals surface area contributed by atoms with Crippen LogP contribution in [-0.4, -0.2) is 62.5 Å². The topological polar surface area (TPSA) is 74.8 Å². The molecule has 2 fully saturated rings. The van der Waals surface area contributed by atoms with Gasteiger partial charge in [0.05, 0.1) is 15.5 Å². The van der Waals surface area contributed by atoms with E-state index in [1.165, 1.54) is 18.2 Å². The van der Waals surface area contributed by atoms with Crippen molar-refractivity contribution in [2.24, 2.45) is 5.92 Å². The highest BCUT2D eigenvalue weighted by Gasteiger charge is 2.28. The minimum absolute atomic E-state index is 0.0846. The van der Waals surface area contributed by atoms with E-state index in [9.17, 15) is 18.0 Å². The third-order valence-corrected chi connectivity index (χ3v) is 6.86. The second kappa shape index (κ2) is 8.19. The van der Waals surface area contributed by atoms with Gasteiger partial charge in [-0.1, -0.05) is 11.6 Å². The zero-order chi connectivity index (χ0) is 19.6. The summed E-state index contributed by atoms with van der Waals surface area (Å²) in [6.07, 6.45) is 5.38. The van der Waals surface area contributed by atoms with Crippen molar-refractivity contribution in [3.8, 4) is 0 Å². The number of hydrogen-bond acceptors (Lipinski definition) is 4. The third-order valence-electron chi connectivity index (χ3n) is 5.42. The zero-order valence-electron chi connectivity index (χ0n) is 15.5. The van der Waals surface area contributed by atoms with Crippen LogP contribution in [0.25, 0.3) is 0 Å². The first-order valence-corrected chi connectivity index (χ1v) is 11.6. The van der Waals surface area contributed by atoms with Crippen molar-refractivity contribution in [2.45, 2.75) is 37.0 Å². The summed E-state index contributed by atoms with van der Waals surface area (Å²) in [5.74, 6) is 0.260. The fourth-order valence-corrected chi connectivity index (χ4v) is 4.60. The lowest BCUT2D eigenvalue weighted by Crippen LogP contribution is -2.40. The molecule has 2 heterocycles. The van der Waals surface area contributed by atoms with Crippen LogP contribution in [0.3, 0.4) is 0 Å². The molecule has 0 bridgehead atoms. The number of halogens is 1. The summed E-state index contributed by atoms with van der Waals surface area (Å²) in [5.41, 5.74) is 0.214. The van der Waals surface area contributed by atoms with Gasteiger partial charge >= 0.3 is 0 Å². The molecule has 1 aromatic carbocycles. The van der Waals surface area contributed by atoms with Crippen molar-refractivity contribution >= 4 is 33.3 Å². The fourth-order valence-electron chi connectivity index (χ4n) is 3.75. The number of piperidine rings is 1. The molecule has 148 valence electrons. The van der Waals surface area contributed by atoms with Crippen molar-refractivity contribution in [1.29, 1.82) is 0 Å². The number of hydrogen-bond donors (Lipinski definition) is 0.